The molecule has 2 N–H and O–H groups in total. The SMILES string of the molecule is O=C(Nc1ccccc1)c1ccnc(Nc2nccc3ccccc23)c1. The van der Waals surface area contributed by atoms with E-state index in [4.69, 9.17) is 0 Å². The summed E-state index contributed by atoms with van der Waals surface area (Å²) in [5.41, 5.74) is 1.27. The maximum atomic E-state index is 12.4. The molecule has 1 amide bonds. The van der Waals surface area contributed by atoms with E-state index in [9.17, 15) is 4.79 Å². The molecular weight excluding hydrogens is 324 g/mol. The lowest BCUT2D eigenvalue weighted by Crippen LogP contribution is -2.12. The van der Waals surface area contributed by atoms with Crippen LogP contribution in [0, 0.1) is 0 Å². The summed E-state index contributed by atoms with van der Waals surface area (Å²) >= 11 is 0. The number of aromatic nitrogens is 2. The van der Waals surface area contributed by atoms with Gasteiger partial charge in [0.05, 0.1) is 0 Å². The Kier molecular flexibility index (Phi) is 4.26. The lowest BCUT2D eigenvalue weighted by Gasteiger charge is -2.09. The fourth-order valence-corrected chi connectivity index (χ4v) is 2.71. The van der Waals surface area contributed by atoms with Crippen molar-refractivity contribution in [2.75, 3.05) is 10.6 Å². The Morgan fingerprint density at radius 3 is 2.46 bits per heavy atom. The number of pyridine rings is 2. The predicted octanol–water partition coefficient (Wildman–Crippen LogP) is 4.63. The van der Waals surface area contributed by atoms with Crippen LogP contribution in [0.1, 0.15) is 10.4 Å². The van der Waals surface area contributed by atoms with E-state index < -0.39 is 0 Å². The monoisotopic (exact) mass is 340 g/mol. The van der Waals surface area contributed by atoms with Crippen LogP contribution in [0.25, 0.3) is 10.8 Å². The minimum atomic E-state index is -0.187. The summed E-state index contributed by atoms with van der Waals surface area (Å²) in [5.74, 6) is 1.08. The van der Waals surface area contributed by atoms with Gasteiger partial charge in [0.25, 0.3) is 5.91 Å². The Balaban J connectivity index is 1.58. The van der Waals surface area contributed by atoms with E-state index in [-0.39, 0.29) is 5.91 Å². The van der Waals surface area contributed by atoms with Crippen LogP contribution in [0.15, 0.2) is 85.2 Å². The van der Waals surface area contributed by atoms with Gasteiger partial charge in [-0.25, -0.2) is 9.97 Å². The molecule has 2 heterocycles. The quantitative estimate of drug-likeness (QED) is 0.568. The zero-order chi connectivity index (χ0) is 17.8. The molecular formula is C21H16N4O. The standard InChI is InChI=1S/C21H16N4O/c26-21(24-17-7-2-1-3-8-17)16-11-12-22-19(14-16)25-20-18-9-5-4-6-15(18)10-13-23-20/h1-14H,(H,24,26)(H,22,23,25). The second kappa shape index (κ2) is 7.03. The molecule has 0 spiro atoms. The fraction of sp³-hybridized carbons (Fsp3) is 0. The van der Waals surface area contributed by atoms with Crippen molar-refractivity contribution in [2.45, 2.75) is 0 Å². The Labute approximate surface area is 150 Å². The Hall–Kier alpha value is -3.73. The molecule has 0 aliphatic heterocycles. The van der Waals surface area contributed by atoms with Gasteiger partial charge in [-0.1, -0.05) is 42.5 Å². The van der Waals surface area contributed by atoms with E-state index in [1.165, 1.54) is 0 Å². The number of hydrogen-bond acceptors (Lipinski definition) is 4. The number of carbonyl (C=O) groups excluding carboxylic acids is 1. The summed E-state index contributed by atoms with van der Waals surface area (Å²) in [6.45, 7) is 0. The lowest BCUT2D eigenvalue weighted by atomic mass is 10.1. The molecule has 26 heavy (non-hydrogen) atoms. The molecule has 0 unspecified atom stereocenters. The second-order valence-corrected chi connectivity index (χ2v) is 5.76. The van der Waals surface area contributed by atoms with Gasteiger partial charge in [-0.3, -0.25) is 4.79 Å². The first-order valence-electron chi connectivity index (χ1n) is 8.23. The third kappa shape index (κ3) is 3.37. The molecule has 2 aromatic heterocycles. The predicted molar refractivity (Wildman–Crippen MR) is 104 cm³/mol. The minimum absolute atomic E-state index is 0.187. The first-order chi connectivity index (χ1) is 12.8. The fourth-order valence-electron chi connectivity index (χ4n) is 2.71. The molecule has 2 aromatic carbocycles. The average Bonchev–Trinajstić information content (AvgIpc) is 2.69. The van der Waals surface area contributed by atoms with Gasteiger partial charge in [0.15, 0.2) is 0 Å². The van der Waals surface area contributed by atoms with Crippen LogP contribution >= 0.6 is 0 Å². The van der Waals surface area contributed by atoms with E-state index in [0.717, 1.165) is 16.5 Å². The number of carbonyl (C=O) groups is 1. The first kappa shape index (κ1) is 15.8. The summed E-state index contributed by atoms with van der Waals surface area (Å²) in [5, 5.41) is 8.15. The maximum absolute atomic E-state index is 12.4. The van der Waals surface area contributed by atoms with Crippen LogP contribution in [-0.2, 0) is 0 Å². The zero-order valence-corrected chi connectivity index (χ0v) is 13.9. The van der Waals surface area contributed by atoms with Crippen molar-refractivity contribution in [2.24, 2.45) is 0 Å². The van der Waals surface area contributed by atoms with Gasteiger partial charge < -0.3 is 10.6 Å². The van der Waals surface area contributed by atoms with Crippen molar-refractivity contribution in [1.29, 1.82) is 0 Å². The third-order valence-corrected chi connectivity index (χ3v) is 3.97. The number of nitrogens with one attached hydrogen (secondary N) is 2. The third-order valence-electron chi connectivity index (χ3n) is 3.97. The minimum Gasteiger partial charge on any atom is -0.324 e. The van der Waals surface area contributed by atoms with Gasteiger partial charge in [0.1, 0.15) is 11.6 Å². The van der Waals surface area contributed by atoms with Crippen molar-refractivity contribution < 1.29 is 4.79 Å². The number of rotatable bonds is 4. The van der Waals surface area contributed by atoms with Gasteiger partial charge >= 0.3 is 0 Å². The van der Waals surface area contributed by atoms with E-state index in [0.29, 0.717) is 17.2 Å². The highest BCUT2D eigenvalue weighted by atomic mass is 16.1. The summed E-state index contributed by atoms with van der Waals surface area (Å²) in [4.78, 5) is 21.1. The molecule has 126 valence electrons. The number of para-hydroxylation sites is 1. The van der Waals surface area contributed by atoms with Crippen LogP contribution < -0.4 is 10.6 Å². The van der Waals surface area contributed by atoms with E-state index >= 15 is 0 Å². The van der Waals surface area contributed by atoms with Crippen LogP contribution in [0.3, 0.4) is 0 Å². The van der Waals surface area contributed by atoms with Crippen molar-refractivity contribution in [3.8, 4) is 0 Å². The Bertz CT molecular complexity index is 1060. The van der Waals surface area contributed by atoms with Gasteiger partial charge in [0, 0.05) is 29.0 Å². The number of hydrogen-bond donors (Lipinski definition) is 2. The number of benzene rings is 2. The smallest absolute Gasteiger partial charge is 0.255 e. The topological polar surface area (TPSA) is 66.9 Å². The molecule has 0 atom stereocenters. The molecule has 4 aromatic rings. The summed E-state index contributed by atoms with van der Waals surface area (Å²) < 4.78 is 0. The molecule has 0 saturated heterocycles. The van der Waals surface area contributed by atoms with Crippen molar-refractivity contribution in [3.05, 3.63) is 90.8 Å². The van der Waals surface area contributed by atoms with Gasteiger partial charge in [-0.05, 0) is 35.7 Å². The summed E-state index contributed by atoms with van der Waals surface area (Å²) in [7, 11) is 0. The Morgan fingerprint density at radius 1 is 0.808 bits per heavy atom. The van der Waals surface area contributed by atoms with E-state index in [1.807, 2.05) is 60.7 Å². The highest BCUT2D eigenvalue weighted by Crippen LogP contribution is 2.23. The first-order valence-corrected chi connectivity index (χ1v) is 8.23. The van der Waals surface area contributed by atoms with E-state index in [1.54, 1.807) is 24.5 Å². The number of amides is 1. The molecule has 0 fully saturated rings. The average molecular weight is 340 g/mol. The van der Waals surface area contributed by atoms with Crippen LogP contribution in [-0.4, -0.2) is 15.9 Å². The number of anilines is 3. The van der Waals surface area contributed by atoms with Crippen LogP contribution in [0.2, 0.25) is 0 Å². The zero-order valence-electron chi connectivity index (χ0n) is 13.9. The molecule has 0 bridgehead atoms. The molecule has 5 nitrogen and oxygen atoms in total. The molecule has 0 radical (unpaired) electrons. The molecule has 5 heteroatoms. The Morgan fingerprint density at radius 2 is 1.58 bits per heavy atom. The second-order valence-electron chi connectivity index (χ2n) is 5.76. The van der Waals surface area contributed by atoms with Gasteiger partial charge in [0.2, 0.25) is 0 Å². The summed E-state index contributed by atoms with van der Waals surface area (Å²) in [6.07, 6.45) is 3.35. The molecule has 0 saturated carbocycles. The molecule has 0 aliphatic carbocycles. The summed E-state index contributed by atoms with van der Waals surface area (Å²) in [6, 6.07) is 22.7. The number of fused-ring (bicyclic) bond motifs is 1. The van der Waals surface area contributed by atoms with Crippen molar-refractivity contribution in [1.82, 2.24) is 9.97 Å². The van der Waals surface area contributed by atoms with Gasteiger partial charge in [-0.15, -0.1) is 0 Å². The van der Waals surface area contributed by atoms with Gasteiger partial charge in [-0.2, -0.15) is 0 Å². The van der Waals surface area contributed by atoms with Crippen molar-refractivity contribution >= 4 is 34.0 Å². The van der Waals surface area contributed by atoms with Crippen molar-refractivity contribution in [3.63, 3.8) is 0 Å². The maximum Gasteiger partial charge on any atom is 0.255 e. The van der Waals surface area contributed by atoms with Crippen LogP contribution in [0.4, 0.5) is 17.3 Å². The highest BCUT2D eigenvalue weighted by molar-refractivity contribution is 6.04. The van der Waals surface area contributed by atoms with E-state index in [2.05, 4.69) is 20.6 Å². The highest BCUT2D eigenvalue weighted by Gasteiger charge is 2.09. The molecule has 0 aliphatic rings. The normalized spacial score (nSPS) is 10.5. The van der Waals surface area contributed by atoms with Crippen LogP contribution in [0.5, 0.6) is 0 Å². The molecule has 4 rings (SSSR count). The largest absolute Gasteiger partial charge is 0.324 e. The lowest BCUT2D eigenvalue weighted by molar-refractivity contribution is 0.102. The number of nitrogens with zero attached hydrogens (tertiary/aromatic N) is 2.